The second-order valence-corrected chi connectivity index (χ2v) is 11.1. The highest BCUT2D eigenvalue weighted by atomic mass is 16.5. The molecule has 10 heteroatoms. The van der Waals surface area contributed by atoms with Crippen LogP contribution in [0.15, 0.2) is 66.7 Å². The Hall–Kier alpha value is -4.80. The fourth-order valence-electron chi connectivity index (χ4n) is 6.44. The van der Waals surface area contributed by atoms with Crippen molar-refractivity contribution in [1.29, 1.82) is 0 Å². The molecule has 4 aromatic carbocycles. The van der Waals surface area contributed by atoms with Gasteiger partial charge in [-0.1, -0.05) is 24.3 Å². The van der Waals surface area contributed by atoms with Crippen LogP contribution in [0, 0.1) is 0 Å². The van der Waals surface area contributed by atoms with Gasteiger partial charge < -0.3 is 48.1 Å². The van der Waals surface area contributed by atoms with Gasteiger partial charge in [-0.2, -0.15) is 0 Å². The van der Waals surface area contributed by atoms with E-state index in [9.17, 15) is 10.2 Å². The van der Waals surface area contributed by atoms with Crippen LogP contribution in [-0.2, 0) is 11.2 Å². The van der Waals surface area contributed by atoms with Gasteiger partial charge >= 0.3 is 0 Å². The Kier molecular flexibility index (Phi) is 8.75. The summed E-state index contributed by atoms with van der Waals surface area (Å²) in [5, 5.41) is 24.1. The zero-order valence-electron chi connectivity index (χ0n) is 26.6. The van der Waals surface area contributed by atoms with Crippen LogP contribution < -0.4 is 33.2 Å². The van der Waals surface area contributed by atoms with E-state index in [1.54, 1.807) is 53.7 Å². The van der Waals surface area contributed by atoms with Crippen molar-refractivity contribution in [3.05, 3.63) is 94.5 Å². The number of aromatic hydroxyl groups is 1. The summed E-state index contributed by atoms with van der Waals surface area (Å²) in [4.78, 5) is 0. The zero-order valence-corrected chi connectivity index (χ0v) is 26.6. The van der Waals surface area contributed by atoms with Gasteiger partial charge in [0.1, 0.15) is 46.7 Å². The van der Waals surface area contributed by atoms with Gasteiger partial charge in [0.2, 0.25) is 0 Å². The summed E-state index contributed by atoms with van der Waals surface area (Å²) in [5.41, 5.74) is 3.21. The summed E-state index contributed by atoms with van der Waals surface area (Å²) in [5.74, 6) is 3.01. The molecule has 10 nitrogen and oxygen atoms in total. The lowest BCUT2D eigenvalue weighted by Crippen LogP contribution is -2.36. The SMILES string of the molecule is COc1ccc([C@H]2Oc3cc(OC)ccc3[C@@H](c3c(OC)cc4c(c3O)C[C@H](OC)[C@@H](c3ccc(OC)c(OC)c3)O4)[C@@H]2O)cc1. The molecule has 4 aromatic rings. The van der Waals surface area contributed by atoms with Gasteiger partial charge in [0.25, 0.3) is 0 Å². The van der Waals surface area contributed by atoms with Gasteiger partial charge in [-0.25, -0.2) is 0 Å². The molecule has 0 bridgehead atoms. The van der Waals surface area contributed by atoms with E-state index < -0.39 is 30.3 Å². The molecule has 0 saturated heterocycles. The fourth-order valence-corrected chi connectivity index (χ4v) is 6.44. The largest absolute Gasteiger partial charge is 0.507 e. The lowest BCUT2D eigenvalue weighted by Gasteiger charge is -2.39. The van der Waals surface area contributed by atoms with Crippen LogP contribution in [0.25, 0.3) is 0 Å². The van der Waals surface area contributed by atoms with Crippen LogP contribution in [-0.4, -0.2) is 65.1 Å². The van der Waals surface area contributed by atoms with E-state index in [1.165, 1.54) is 7.11 Å². The molecule has 6 rings (SSSR count). The monoisotopic (exact) mass is 630 g/mol. The fraction of sp³-hybridized carbons (Fsp3) is 0.333. The summed E-state index contributed by atoms with van der Waals surface area (Å²) in [6, 6.07) is 20.1. The first-order valence-corrected chi connectivity index (χ1v) is 14.9. The Bertz CT molecular complexity index is 1700. The Morgan fingerprint density at radius 1 is 0.630 bits per heavy atom. The second-order valence-electron chi connectivity index (χ2n) is 11.1. The lowest BCUT2D eigenvalue weighted by atomic mass is 9.78. The van der Waals surface area contributed by atoms with Crippen LogP contribution in [0.5, 0.6) is 46.0 Å². The average Bonchev–Trinajstić information content (AvgIpc) is 3.10. The molecule has 46 heavy (non-hydrogen) atoms. The number of hydrogen-bond acceptors (Lipinski definition) is 10. The van der Waals surface area contributed by atoms with Gasteiger partial charge in [0.05, 0.1) is 35.5 Å². The number of phenols is 1. The molecule has 2 aliphatic heterocycles. The lowest BCUT2D eigenvalue weighted by molar-refractivity contribution is -0.0126. The predicted molar refractivity (Wildman–Crippen MR) is 169 cm³/mol. The number of fused-ring (bicyclic) bond motifs is 2. The molecule has 0 saturated carbocycles. The number of aliphatic hydroxyl groups excluding tert-OH is 1. The van der Waals surface area contributed by atoms with Crippen molar-refractivity contribution in [2.45, 2.75) is 36.8 Å². The van der Waals surface area contributed by atoms with Gasteiger partial charge in [-0.15, -0.1) is 0 Å². The molecule has 5 atom stereocenters. The van der Waals surface area contributed by atoms with Crippen molar-refractivity contribution in [2.75, 3.05) is 42.7 Å². The number of ether oxygens (including phenoxy) is 8. The summed E-state index contributed by atoms with van der Waals surface area (Å²) >= 11 is 0. The number of aliphatic hydroxyl groups is 1. The van der Waals surface area contributed by atoms with Crippen molar-refractivity contribution in [1.82, 2.24) is 0 Å². The third-order valence-electron chi connectivity index (χ3n) is 8.84. The normalized spacial score (nSPS) is 21.6. The third kappa shape index (κ3) is 5.37. The standard InChI is InChI=1S/C36H38O10/c1-39-21-10-7-19(8-11-21)36-34(38)31(23-13-12-22(40-2)16-26(23)46-36)32-29(43-5)18-27-24(33(32)37)17-30(44-6)35(45-27)20-9-14-25(41-3)28(15-20)42-4/h7-16,18,30-31,34-38H,17H2,1-6H3/t30-,31-,34-,35+,36+/m0/s1. The van der Waals surface area contributed by atoms with Gasteiger partial charge in [0.15, 0.2) is 23.7 Å². The molecule has 0 aromatic heterocycles. The van der Waals surface area contributed by atoms with Crippen LogP contribution in [0.4, 0.5) is 0 Å². The maximum Gasteiger partial charge on any atom is 0.161 e. The smallest absolute Gasteiger partial charge is 0.161 e. The first-order valence-electron chi connectivity index (χ1n) is 14.9. The maximum absolute atomic E-state index is 12.0. The van der Waals surface area contributed by atoms with E-state index in [0.717, 1.165) is 11.1 Å². The highest BCUT2D eigenvalue weighted by Gasteiger charge is 2.44. The van der Waals surface area contributed by atoms with E-state index in [4.69, 9.17) is 37.9 Å². The molecule has 2 aliphatic rings. The highest BCUT2D eigenvalue weighted by Crippen LogP contribution is 2.54. The molecule has 0 aliphatic carbocycles. The minimum atomic E-state index is -1.10. The quantitative estimate of drug-likeness (QED) is 0.237. The van der Waals surface area contributed by atoms with Crippen molar-refractivity contribution in [2.24, 2.45) is 0 Å². The third-order valence-corrected chi connectivity index (χ3v) is 8.84. The molecule has 0 unspecified atom stereocenters. The second kappa shape index (κ2) is 12.9. The van der Waals surface area contributed by atoms with E-state index in [0.29, 0.717) is 63.4 Å². The van der Waals surface area contributed by atoms with Crippen molar-refractivity contribution >= 4 is 0 Å². The minimum absolute atomic E-state index is 0.0386. The Morgan fingerprint density at radius 3 is 1.93 bits per heavy atom. The number of phenolic OH excluding ortho intramolecular Hbond substituents is 1. The number of hydrogen-bond donors (Lipinski definition) is 2. The molecule has 0 amide bonds. The molecular weight excluding hydrogens is 592 g/mol. The Balaban J connectivity index is 1.46. The van der Waals surface area contributed by atoms with E-state index >= 15 is 0 Å². The molecule has 2 heterocycles. The van der Waals surface area contributed by atoms with Gasteiger partial charge in [-0.05, 0) is 41.5 Å². The first-order chi connectivity index (χ1) is 22.3. The average molecular weight is 631 g/mol. The van der Waals surface area contributed by atoms with Crippen LogP contribution in [0.2, 0.25) is 0 Å². The maximum atomic E-state index is 12.0. The molecule has 2 N–H and O–H groups in total. The van der Waals surface area contributed by atoms with Gasteiger partial charge in [0, 0.05) is 48.3 Å². The molecule has 242 valence electrons. The molecular formula is C36H38O10. The summed E-state index contributed by atoms with van der Waals surface area (Å²) in [7, 11) is 9.47. The van der Waals surface area contributed by atoms with E-state index in [2.05, 4.69) is 0 Å². The Labute approximate surface area is 267 Å². The Morgan fingerprint density at radius 2 is 1.28 bits per heavy atom. The summed E-state index contributed by atoms with van der Waals surface area (Å²) in [6.45, 7) is 0. The number of methoxy groups -OCH3 is 6. The highest BCUT2D eigenvalue weighted by molar-refractivity contribution is 5.63. The molecule has 0 radical (unpaired) electrons. The topological polar surface area (TPSA) is 114 Å². The summed E-state index contributed by atoms with van der Waals surface area (Å²) in [6.07, 6.45) is -2.48. The minimum Gasteiger partial charge on any atom is -0.507 e. The summed E-state index contributed by atoms with van der Waals surface area (Å²) < 4.78 is 46.5. The van der Waals surface area contributed by atoms with E-state index in [-0.39, 0.29) is 5.75 Å². The predicted octanol–water partition coefficient (Wildman–Crippen LogP) is 5.75. The van der Waals surface area contributed by atoms with Crippen molar-refractivity contribution in [3.8, 4) is 46.0 Å². The molecule has 0 spiro atoms. The van der Waals surface area contributed by atoms with Crippen LogP contribution >= 0.6 is 0 Å². The first kappa shape index (κ1) is 31.2. The van der Waals surface area contributed by atoms with Crippen LogP contribution in [0.3, 0.4) is 0 Å². The molecule has 0 fully saturated rings. The zero-order chi connectivity index (χ0) is 32.5. The van der Waals surface area contributed by atoms with Crippen molar-refractivity contribution < 1.29 is 48.1 Å². The van der Waals surface area contributed by atoms with E-state index in [1.807, 2.05) is 48.5 Å². The number of rotatable bonds is 9. The van der Waals surface area contributed by atoms with Crippen LogP contribution in [0.1, 0.15) is 45.9 Å². The number of benzene rings is 4. The van der Waals surface area contributed by atoms with Gasteiger partial charge in [-0.3, -0.25) is 0 Å². The van der Waals surface area contributed by atoms with Crippen molar-refractivity contribution in [3.63, 3.8) is 0 Å².